The summed E-state index contributed by atoms with van der Waals surface area (Å²) in [6.45, 7) is 5.28. The second kappa shape index (κ2) is 7.98. The van der Waals surface area contributed by atoms with E-state index in [2.05, 4.69) is 30.1 Å². The number of pyridine rings is 1. The predicted molar refractivity (Wildman–Crippen MR) is 110 cm³/mol. The van der Waals surface area contributed by atoms with Gasteiger partial charge in [0.15, 0.2) is 0 Å². The van der Waals surface area contributed by atoms with Crippen molar-refractivity contribution in [3.05, 3.63) is 65.3 Å². The lowest BCUT2D eigenvalue weighted by atomic mass is 10.3. The lowest BCUT2D eigenvalue weighted by Gasteiger charge is -2.36. The molecule has 0 atom stereocenters. The van der Waals surface area contributed by atoms with Crippen molar-refractivity contribution < 1.29 is 4.39 Å². The maximum absolute atomic E-state index is 13.4. The van der Waals surface area contributed by atoms with Crippen molar-refractivity contribution in [2.45, 2.75) is 6.92 Å². The Kier molecular flexibility index (Phi) is 5.25. The van der Waals surface area contributed by atoms with Gasteiger partial charge in [-0.1, -0.05) is 17.7 Å². The van der Waals surface area contributed by atoms with Crippen LogP contribution in [0.25, 0.3) is 0 Å². The fourth-order valence-electron chi connectivity index (χ4n) is 3.21. The summed E-state index contributed by atoms with van der Waals surface area (Å²) in [6.07, 6.45) is 1.81. The van der Waals surface area contributed by atoms with Crippen molar-refractivity contribution in [3.8, 4) is 0 Å². The van der Waals surface area contributed by atoms with E-state index in [1.165, 1.54) is 6.07 Å². The molecule has 0 aliphatic carbocycles. The van der Waals surface area contributed by atoms with Gasteiger partial charge in [0.2, 0.25) is 0 Å². The molecule has 0 radical (unpaired) electrons. The van der Waals surface area contributed by atoms with Crippen LogP contribution in [0.5, 0.6) is 0 Å². The van der Waals surface area contributed by atoms with Gasteiger partial charge in [-0.25, -0.2) is 19.3 Å². The minimum absolute atomic E-state index is 0.0710. The van der Waals surface area contributed by atoms with Crippen molar-refractivity contribution in [2.75, 3.05) is 41.3 Å². The molecule has 2 aromatic heterocycles. The van der Waals surface area contributed by atoms with E-state index in [0.29, 0.717) is 17.3 Å². The number of rotatable bonds is 4. The first-order valence-electron chi connectivity index (χ1n) is 9.07. The molecule has 0 spiro atoms. The Morgan fingerprint density at radius 1 is 0.964 bits per heavy atom. The molecule has 0 bridgehead atoms. The normalized spacial score (nSPS) is 14.2. The average molecular weight is 399 g/mol. The van der Waals surface area contributed by atoms with Crippen molar-refractivity contribution in [2.24, 2.45) is 0 Å². The Labute approximate surface area is 168 Å². The number of nitrogens with zero attached hydrogens (tertiary/aromatic N) is 5. The summed E-state index contributed by atoms with van der Waals surface area (Å²) >= 11 is 5.86. The van der Waals surface area contributed by atoms with Crippen LogP contribution >= 0.6 is 11.6 Å². The van der Waals surface area contributed by atoms with Gasteiger partial charge in [-0.05, 0) is 37.3 Å². The summed E-state index contributed by atoms with van der Waals surface area (Å²) < 4.78 is 13.4. The monoisotopic (exact) mass is 398 g/mol. The number of piperazine rings is 1. The standard InChI is InChI=1S/C20H20ClFN6/c1-14-24-18(26-15-5-6-17(22)16(21)12-15)13-20(25-14)28-10-8-27(9-11-28)19-4-2-3-7-23-19/h2-7,12-13H,8-11H2,1H3,(H,24,25,26). The molecule has 0 saturated carbocycles. The summed E-state index contributed by atoms with van der Waals surface area (Å²) in [6, 6.07) is 12.4. The van der Waals surface area contributed by atoms with Gasteiger partial charge in [-0.2, -0.15) is 0 Å². The lowest BCUT2D eigenvalue weighted by molar-refractivity contribution is 0.628. The van der Waals surface area contributed by atoms with Gasteiger partial charge in [-0.15, -0.1) is 0 Å². The maximum Gasteiger partial charge on any atom is 0.141 e. The van der Waals surface area contributed by atoms with Crippen LogP contribution in [-0.2, 0) is 0 Å². The topological polar surface area (TPSA) is 57.2 Å². The summed E-state index contributed by atoms with van der Waals surface area (Å²) in [5.41, 5.74) is 0.676. The number of anilines is 4. The van der Waals surface area contributed by atoms with Gasteiger partial charge in [-0.3, -0.25) is 0 Å². The lowest BCUT2D eigenvalue weighted by Crippen LogP contribution is -2.47. The predicted octanol–water partition coefficient (Wildman–Crippen LogP) is 4.04. The van der Waals surface area contributed by atoms with E-state index in [9.17, 15) is 4.39 Å². The Morgan fingerprint density at radius 3 is 2.39 bits per heavy atom. The zero-order valence-corrected chi connectivity index (χ0v) is 16.2. The molecule has 0 unspecified atom stereocenters. The fourth-order valence-corrected chi connectivity index (χ4v) is 3.39. The van der Waals surface area contributed by atoms with E-state index in [1.807, 2.05) is 37.4 Å². The van der Waals surface area contributed by atoms with Gasteiger partial charge in [0.05, 0.1) is 5.02 Å². The van der Waals surface area contributed by atoms with Crippen LogP contribution in [0, 0.1) is 12.7 Å². The van der Waals surface area contributed by atoms with E-state index in [0.717, 1.165) is 37.8 Å². The molecular weight excluding hydrogens is 379 g/mol. The molecule has 4 rings (SSSR count). The molecule has 28 heavy (non-hydrogen) atoms. The summed E-state index contributed by atoms with van der Waals surface area (Å²) in [7, 11) is 0. The van der Waals surface area contributed by atoms with E-state index < -0.39 is 5.82 Å². The van der Waals surface area contributed by atoms with E-state index in [4.69, 9.17) is 11.6 Å². The van der Waals surface area contributed by atoms with Gasteiger partial charge < -0.3 is 15.1 Å². The second-order valence-electron chi connectivity index (χ2n) is 6.57. The van der Waals surface area contributed by atoms with E-state index >= 15 is 0 Å². The van der Waals surface area contributed by atoms with Crippen LogP contribution in [0.1, 0.15) is 5.82 Å². The molecule has 8 heteroatoms. The van der Waals surface area contributed by atoms with Crippen molar-refractivity contribution >= 4 is 34.7 Å². The van der Waals surface area contributed by atoms with Gasteiger partial charge in [0.1, 0.15) is 29.1 Å². The number of benzene rings is 1. The number of halogens is 2. The maximum atomic E-state index is 13.4. The van der Waals surface area contributed by atoms with Crippen LogP contribution in [0.2, 0.25) is 5.02 Å². The molecule has 1 aliphatic heterocycles. The van der Waals surface area contributed by atoms with Crippen LogP contribution < -0.4 is 15.1 Å². The third-order valence-electron chi connectivity index (χ3n) is 4.59. The molecule has 1 N–H and O–H groups in total. The Balaban J connectivity index is 1.47. The zero-order valence-electron chi connectivity index (χ0n) is 15.4. The van der Waals surface area contributed by atoms with Gasteiger partial charge in [0.25, 0.3) is 0 Å². The van der Waals surface area contributed by atoms with Crippen LogP contribution in [-0.4, -0.2) is 41.1 Å². The van der Waals surface area contributed by atoms with Crippen LogP contribution in [0.4, 0.5) is 27.5 Å². The highest BCUT2D eigenvalue weighted by atomic mass is 35.5. The molecule has 1 fully saturated rings. The summed E-state index contributed by atoms with van der Waals surface area (Å²) in [5, 5.41) is 3.25. The number of aromatic nitrogens is 3. The third-order valence-corrected chi connectivity index (χ3v) is 4.88. The number of aryl methyl sites for hydroxylation is 1. The fraction of sp³-hybridized carbons (Fsp3) is 0.250. The van der Waals surface area contributed by atoms with E-state index in [1.54, 1.807) is 12.1 Å². The molecule has 6 nitrogen and oxygen atoms in total. The first kappa shape index (κ1) is 18.4. The highest BCUT2D eigenvalue weighted by Crippen LogP contribution is 2.24. The smallest absolute Gasteiger partial charge is 0.141 e. The highest BCUT2D eigenvalue weighted by molar-refractivity contribution is 6.31. The Hall–Kier alpha value is -2.93. The van der Waals surface area contributed by atoms with Crippen molar-refractivity contribution in [1.82, 2.24) is 15.0 Å². The third kappa shape index (κ3) is 4.14. The first-order valence-corrected chi connectivity index (χ1v) is 9.45. The molecule has 1 aromatic carbocycles. The average Bonchev–Trinajstić information content (AvgIpc) is 2.71. The highest BCUT2D eigenvalue weighted by Gasteiger charge is 2.20. The second-order valence-corrected chi connectivity index (χ2v) is 6.98. The Bertz CT molecular complexity index is 960. The minimum Gasteiger partial charge on any atom is -0.353 e. The first-order chi connectivity index (χ1) is 13.6. The number of hydrogen-bond donors (Lipinski definition) is 1. The van der Waals surface area contributed by atoms with Gasteiger partial charge in [0, 0.05) is 44.1 Å². The Morgan fingerprint density at radius 2 is 1.71 bits per heavy atom. The molecule has 0 amide bonds. The molecule has 1 aliphatic rings. The van der Waals surface area contributed by atoms with Crippen LogP contribution in [0.3, 0.4) is 0 Å². The van der Waals surface area contributed by atoms with Crippen molar-refractivity contribution in [1.29, 1.82) is 0 Å². The molecule has 3 aromatic rings. The molecule has 144 valence electrons. The van der Waals surface area contributed by atoms with Crippen molar-refractivity contribution in [3.63, 3.8) is 0 Å². The summed E-state index contributed by atoms with van der Waals surface area (Å²) in [5.74, 6) is 2.73. The van der Waals surface area contributed by atoms with Crippen LogP contribution in [0.15, 0.2) is 48.7 Å². The summed E-state index contributed by atoms with van der Waals surface area (Å²) in [4.78, 5) is 17.9. The molecular formula is C20H20ClFN6. The SMILES string of the molecule is Cc1nc(Nc2ccc(F)c(Cl)c2)cc(N2CCN(c3ccccn3)CC2)n1. The van der Waals surface area contributed by atoms with Gasteiger partial charge >= 0.3 is 0 Å². The largest absolute Gasteiger partial charge is 0.353 e. The molecule has 3 heterocycles. The quantitative estimate of drug-likeness (QED) is 0.715. The zero-order chi connectivity index (χ0) is 19.5. The number of hydrogen-bond acceptors (Lipinski definition) is 6. The number of nitrogens with one attached hydrogen (secondary N) is 1. The minimum atomic E-state index is -0.447. The van der Waals surface area contributed by atoms with E-state index in [-0.39, 0.29) is 5.02 Å². The molecule has 1 saturated heterocycles.